The van der Waals surface area contributed by atoms with Crippen LogP contribution in [0.5, 0.6) is 0 Å². The number of carbonyl (C=O) groups excluding carboxylic acids is 6. The van der Waals surface area contributed by atoms with Crippen molar-refractivity contribution in [1.82, 2.24) is 31.5 Å². The van der Waals surface area contributed by atoms with Gasteiger partial charge in [-0.25, -0.2) is 9.59 Å². The van der Waals surface area contributed by atoms with Crippen LogP contribution in [0.3, 0.4) is 0 Å². The lowest BCUT2D eigenvalue weighted by Gasteiger charge is -2.26. The minimum atomic E-state index is -1.07. The summed E-state index contributed by atoms with van der Waals surface area (Å²) in [4.78, 5) is 74.0. The Balaban J connectivity index is 2.64. The number of amides is 6. The molecule has 1 aliphatic heterocycles. The van der Waals surface area contributed by atoms with Crippen LogP contribution >= 0.6 is 0 Å². The fraction of sp³-hybridized carbons (Fsp3) is 0.727. The molecule has 0 saturated carbocycles. The average Bonchev–Trinajstić information content (AvgIpc) is 3.10. The lowest BCUT2D eigenvalue weighted by Crippen LogP contribution is -2.57. The number of unbranched alkanes of at least 4 members (excludes halogenated alkanes) is 1. The quantitative estimate of drug-likeness (QED) is 0.114. The van der Waals surface area contributed by atoms with Gasteiger partial charge in [-0.3, -0.25) is 24.1 Å². The number of imide groups is 1. The molecule has 0 spiro atoms. The predicted molar refractivity (Wildman–Crippen MR) is 127 cm³/mol. The van der Waals surface area contributed by atoms with Crippen molar-refractivity contribution in [2.24, 2.45) is 0 Å². The van der Waals surface area contributed by atoms with Gasteiger partial charge in [-0.05, 0) is 54.0 Å². The molecule has 4 atom stereocenters. The standard InChI is InChI=1S/C22H38N6O8/c1-6-35-21(33)24-11-9-8-10-15(27-22(34)36-7-2)19(31)26-14(4)25-18(30)13(3)28-17(29)12-16(23-5)20(28)32/h13-16,23H,6-12H2,1-5H3,(H,24,33)(H,25,30)(H,26,31)(H,27,34). The van der Waals surface area contributed by atoms with E-state index in [1.807, 2.05) is 0 Å². The molecule has 1 heterocycles. The summed E-state index contributed by atoms with van der Waals surface area (Å²) < 4.78 is 9.63. The van der Waals surface area contributed by atoms with E-state index >= 15 is 0 Å². The van der Waals surface area contributed by atoms with E-state index in [4.69, 9.17) is 9.47 Å². The number of likely N-dealkylation sites (tertiary alicyclic amines) is 1. The monoisotopic (exact) mass is 514 g/mol. The minimum absolute atomic E-state index is 0.0320. The van der Waals surface area contributed by atoms with Crippen LogP contribution in [0.15, 0.2) is 0 Å². The summed E-state index contributed by atoms with van der Waals surface area (Å²) in [7, 11) is 1.55. The predicted octanol–water partition coefficient (Wildman–Crippen LogP) is -0.669. The fourth-order valence-corrected chi connectivity index (χ4v) is 3.51. The highest BCUT2D eigenvalue weighted by molar-refractivity contribution is 6.08. The number of rotatable bonds is 14. The Bertz CT molecular complexity index is 807. The third-order valence-electron chi connectivity index (χ3n) is 5.36. The first kappa shape index (κ1) is 30.6. The van der Waals surface area contributed by atoms with Crippen LogP contribution in [0.4, 0.5) is 9.59 Å². The van der Waals surface area contributed by atoms with E-state index in [9.17, 15) is 28.8 Å². The Kier molecular flexibility index (Phi) is 13.2. The zero-order valence-corrected chi connectivity index (χ0v) is 21.5. The number of alkyl carbamates (subject to hydrolysis) is 2. The molecule has 4 unspecified atom stereocenters. The number of hydrogen-bond acceptors (Lipinski definition) is 9. The highest BCUT2D eigenvalue weighted by Gasteiger charge is 2.42. The van der Waals surface area contributed by atoms with Crippen molar-refractivity contribution < 1.29 is 38.2 Å². The second-order valence-corrected chi connectivity index (χ2v) is 8.12. The van der Waals surface area contributed by atoms with Gasteiger partial charge in [0.15, 0.2) is 0 Å². The third-order valence-corrected chi connectivity index (χ3v) is 5.36. The zero-order chi connectivity index (χ0) is 27.3. The Morgan fingerprint density at radius 1 is 0.944 bits per heavy atom. The molecule has 0 radical (unpaired) electrons. The Morgan fingerprint density at radius 2 is 1.56 bits per heavy atom. The van der Waals surface area contributed by atoms with Crippen LogP contribution in [0.1, 0.15) is 53.4 Å². The minimum Gasteiger partial charge on any atom is -0.450 e. The average molecular weight is 515 g/mol. The van der Waals surface area contributed by atoms with Crippen molar-refractivity contribution in [3.05, 3.63) is 0 Å². The number of nitrogens with zero attached hydrogens (tertiary/aromatic N) is 1. The molecule has 1 saturated heterocycles. The molecule has 1 aliphatic rings. The summed E-state index contributed by atoms with van der Waals surface area (Å²) in [6.07, 6.45) is -0.934. The van der Waals surface area contributed by atoms with Crippen molar-refractivity contribution in [1.29, 1.82) is 0 Å². The molecule has 0 bridgehead atoms. The SMILES string of the molecule is CCOC(=O)NCCCCC(NC(=O)OCC)C(=O)NC(C)NC(=O)C(C)N1C(=O)CC(NC)C1=O. The molecular formula is C22H38N6O8. The van der Waals surface area contributed by atoms with Crippen molar-refractivity contribution >= 4 is 35.8 Å². The maximum absolute atomic E-state index is 12.8. The number of ether oxygens (including phenoxy) is 2. The lowest BCUT2D eigenvalue weighted by molar-refractivity contribution is -0.146. The molecule has 0 aromatic carbocycles. The Morgan fingerprint density at radius 3 is 2.14 bits per heavy atom. The summed E-state index contributed by atoms with van der Waals surface area (Å²) in [6, 6.07) is -2.70. The van der Waals surface area contributed by atoms with E-state index in [2.05, 4.69) is 26.6 Å². The van der Waals surface area contributed by atoms with Crippen molar-refractivity contribution in [2.45, 2.75) is 77.7 Å². The molecule has 36 heavy (non-hydrogen) atoms. The van der Waals surface area contributed by atoms with E-state index < -0.39 is 60.1 Å². The number of carbonyl (C=O) groups is 6. The molecule has 0 aromatic rings. The van der Waals surface area contributed by atoms with Crippen molar-refractivity contribution in [2.75, 3.05) is 26.8 Å². The lowest BCUT2D eigenvalue weighted by atomic mass is 10.1. The molecule has 5 N–H and O–H groups in total. The zero-order valence-electron chi connectivity index (χ0n) is 21.5. The van der Waals surface area contributed by atoms with Crippen LogP contribution in [0.25, 0.3) is 0 Å². The largest absolute Gasteiger partial charge is 0.450 e. The molecular weight excluding hydrogens is 476 g/mol. The fourth-order valence-electron chi connectivity index (χ4n) is 3.51. The summed E-state index contributed by atoms with van der Waals surface area (Å²) in [5.41, 5.74) is 0. The van der Waals surface area contributed by atoms with Gasteiger partial charge in [0, 0.05) is 6.54 Å². The van der Waals surface area contributed by atoms with Crippen molar-refractivity contribution in [3.8, 4) is 0 Å². The van der Waals surface area contributed by atoms with E-state index in [0.717, 1.165) is 4.90 Å². The van der Waals surface area contributed by atoms with Gasteiger partial charge in [-0.15, -0.1) is 0 Å². The highest BCUT2D eigenvalue weighted by atomic mass is 16.6. The maximum Gasteiger partial charge on any atom is 0.407 e. The van der Waals surface area contributed by atoms with E-state index in [0.29, 0.717) is 19.4 Å². The molecule has 204 valence electrons. The molecule has 14 heteroatoms. The van der Waals surface area contributed by atoms with Gasteiger partial charge >= 0.3 is 12.2 Å². The molecule has 0 aliphatic carbocycles. The first-order valence-corrected chi connectivity index (χ1v) is 12.0. The van der Waals surface area contributed by atoms with Crippen LogP contribution in [-0.4, -0.2) is 91.8 Å². The third kappa shape index (κ3) is 9.68. The number of nitrogens with one attached hydrogen (secondary N) is 5. The van der Waals surface area contributed by atoms with Crippen molar-refractivity contribution in [3.63, 3.8) is 0 Å². The van der Waals surface area contributed by atoms with Gasteiger partial charge in [0.25, 0.3) is 0 Å². The Labute approximate surface area is 210 Å². The van der Waals surface area contributed by atoms with Crippen LogP contribution < -0.4 is 26.6 Å². The summed E-state index contributed by atoms with van der Waals surface area (Å²) in [6.45, 7) is 6.97. The van der Waals surface area contributed by atoms with Gasteiger partial charge in [0.05, 0.1) is 31.8 Å². The van der Waals surface area contributed by atoms with Gasteiger partial charge in [-0.2, -0.15) is 0 Å². The number of likely N-dealkylation sites (N-methyl/N-ethyl adjacent to an activating group) is 1. The maximum atomic E-state index is 12.8. The Hall–Kier alpha value is -3.42. The smallest absolute Gasteiger partial charge is 0.407 e. The first-order chi connectivity index (χ1) is 17.0. The molecule has 14 nitrogen and oxygen atoms in total. The van der Waals surface area contributed by atoms with Gasteiger partial charge in [0.1, 0.15) is 12.1 Å². The molecule has 1 fully saturated rings. The second-order valence-electron chi connectivity index (χ2n) is 8.12. The second kappa shape index (κ2) is 15.5. The van der Waals surface area contributed by atoms with Crippen LogP contribution in [0.2, 0.25) is 0 Å². The van der Waals surface area contributed by atoms with Crippen LogP contribution in [-0.2, 0) is 28.7 Å². The first-order valence-electron chi connectivity index (χ1n) is 12.0. The molecule has 6 amide bonds. The van der Waals surface area contributed by atoms with E-state index in [-0.39, 0.29) is 26.1 Å². The molecule has 1 rings (SSSR count). The molecule has 0 aromatic heterocycles. The van der Waals surface area contributed by atoms with Gasteiger partial charge in [0.2, 0.25) is 23.6 Å². The topological polar surface area (TPSA) is 184 Å². The summed E-state index contributed by atoms with van der Waals surface area (Å²) >= 11 is 0. The van der Waals surface area contributed by atoms with E-state index in [1.54, 1.807) is 20.9 Å². The highest BCUT2D eigenvalue weighted by Crippen LogP contribution is 2.16. The summed E-state index contributed by atoms with van der Waals surface area (Å²) in [5, 5.41) is 12.9. The number of hydrogen-bond donors (Lipinski definition) is 5. The van der Waals surface area contributed by atoms with Gasteiger partial charge in [-0.1, -0.05) is 0 Å². The normalized spacial score (nSPS) is 17.6. The summed E-state index contributed by atoms with van der Waals surface area (Å²) in [5.74, 6) is -2.14. The van der Waals surface area contributed by atoms with Crippen LogP contribution in [0, 0.1) is 0 Å². The van der Waals surface area contributed by atoms with Gasteiger partial charge < -0.3 is 36.1 Å². The van der Waals surface area contributed by atoms with E-state index in [1.165, 1.54) is 13.8 Å².